The fourth-order valence-corrected chi connectivity index (χ4v) is 3.99. The third-order valence-corrected chi connectivity index (χ3v) is 5.47. The molecule has 2 aromatic carbocycles. The van der Waals surface area contributed by atoms with E-state index in [1.807, 2.05) is 66.9 Å². The van der Waals surface area contributed by atoms with E-state index in [2.05, 4.69) is 15.4 Å². The Bertz CT molecular complexity index is 1280. The summed E-state index contributed by atoms with van der Waals surface area (Å²) in [5.41, 5.74) is 3.53. The summed E-state index contributed by atoms with van der Waals surface area (Å²) in [5.74, 6) is 1.68. The van der Waals surface area contributed by atoms with E-state index < -0.39 is 0 Å². The number of nitrogens with one attached hydrogen (secondary N) is 1. The molecule has 0 saturated heterocycles. The molecule has 0 atom stereocenters. The van der Waals surface area contributed by atoms with E-state index in [-0.39, 0.29) is 12.7 Å². The number of amides is 1. The van der Waals surface area contributed by atoms with Gasteiger partial charge in [-0.1, -0.05) is 36.4 Å². The Morgan fingerprint density at radius 1 is 1.13 bits per heavy atom. The Balaban J connectivity index is 1.34. The normalized spacial score (nSPS) is 12.4. The molecule has 0 bridgehead atoms. The van der Waals surface area contributed by atoms with Crippen LogP contribution in [0.3, 0.4) is 0 Å². The number of carbonyl (C=O) groups is 1. The second kappa shape index (κ2) is 8.08. The molecular weight excluding hydrogens is 412 g/mol. The van der Waals surface area contributed by atoms with E-state index in [1.165, 1.54) is 17.4 Å². The van der Waals surface area contributed by atoms with Gasteiger partial charge in [0.15, 0.2) is 11.5 Å². The van der Waals surface area contributed by atoms with Gasteiger partial charge in [0.25, 0.3) is 0 Å². The minimum Gasteiger partial charge on any atom is -0.454 e. The van der Waals surface area contributed by atoms with E-state index in [4.69, 9.17) is 9.47 Å². The molecule has 1 N–H and O–H groups in total. The largest absolute Gasteiger partial charge is 0.454 e. The number of aryl methyl sites for hydroxylation is 1. The maximum absolute atomic E-state index is 12.5. The van der Waals surface area contributed by atoms with Crippen molar-refractivity contribution in [1.82, 2.24) is 14.8 Å². The van der Waals surface area contributed by atoms with Crippen molar-refractivity contribution in [3.63, 3.8) is 0 Å². The van der Waals surface area contributed by atoms with Crippen molar-refractivity contribution in [2.24, 2.45) is 0 Å². The van der Waals surface area contributed by atoms with Crippen LogP contribution in [0, 0.1) is 6.92 Å². The maximum atomic E-state index is 12.5. The zero-order valence-corrected chi connectivity index (χ0v) is 17.4. The molecule has 1 aliphatic rings. The second-order valence-corrected chi connectivity index (χ2v) is 7.74. The minimum atomic E-state index is -0.265. The van der Waals surface area contributed by atoms with Crippen molar-refractivity contribution in [3.05, 3.63) is 77.3 Å². The molecule has 2 aromatic heterocycles. The van der Waals surface area contributed by atoms with Gasteiger partial charge in [0, 0.05) is 23.1 Å². The first-order valence-corrected chi connectivity index (χ1v) is 10.5. The number of rotatable bonds is 5. The molecule has 0 fully saturated rings. The van der Waals surface area contributed by atoms with Gasteiger partial charge in [0.1, 0.15) is 5.82 Å². The second-order valence-electron chi connectivity index (χ2n) is 6.90. The van der Waals surface area contributed by atoms with Crippen LogP contribution in [0.5, 0.6) is 11.5 Å². The Morgan fingerprint density at radius 2 is 1.97 bits per heavy atom. The predicted octanol–water partition coefficient (Wildman–Crippen LogP) is 4.68. The van der Waals surface area contributed by atoms with Gasteiger partial charge in [-0.15, -0.1) is 11.3 Å². The van der Waals surface area contributed by atoms with Gasteiger partial charge in [-0.05, 0) is 30.7 Å². The average molecular weight is 430 g/mol. The van der Waals surface area contributed by atoms with Gasteiger partial charge in [-0.2, -0.15) is 9.78 Å². The van der Waals surface area contributed by atoms with Crippen molar-refractivity contribution in [3.8, 4) is 27.9 Å². The molecule has 0 radical (unpaired) electrons. The molecule has 31 heavy (non-hydrogen) atoms. The van der Waals surface area contributed by atoms with Gasteiger partial charge in [0.2, 0.25) is 17.8 Å². The van der Waals surface area contributed by atoms with Crippen LogP contribution < -0.4 is 14.8 Å². The van der Waals surface area contributed by atoms with E-state index in [1.54, 1.807) is 10.8 Å². The Morgan fingerprint density at radius 3 is 2.84 bits per heavy atom. The lowest BCUT2D eigenvalue weighted by atomic mass is 10.2. The number of aromatic nitrogens is 3. The molecule has 3 heterocycles. The fraction of sp³-hybridized carbons (Fsp3) is 0.0870. The summed E-state index contributed by atoms with van der Waals surface area (Å²) in [7, 11) is 0. The van der Waals surface area contributed by atoms with Crippen LogP contribution in [0.2, 0.25) is 0 Å². The number of hydrogen-bond donors (Lipinski definition) is 1. The zero-order valence-electron chi connectivity index (χ0n) is 16.6. The molecule has 0 spiro atoms. The van der Waals surface area contributed by atoms with Crippen LogP contribution in [0.25, 0.3) is 22.5 Å². The highest BCUT2D eigenvalue weighted by atomic mass is 32.1. The lowest BCUT2D eigenvalue weighted by Gasteiger charge is -2.04. The average Bonchev–Trinajstić information content (AvgIpc) is 3.52. The third kappa shape index (κ3) is 4.06. The molecule has 4 aromatic rings. The van der Waals surface area contributed by atoms with Gasteiger partial charge >= 0.3 is 0 Å². The van der Waals surface area contributed by atoms with Crippen LogP contribution in [-0.2, 0) is 4.79 Å². The quantitative estimate of drug-likeness (QED) is 0.465. The first kappa shape index (κ1) is 19.1. The smallest absolute Gasteiger partial charge is 0.249 e. The number of thiazole rings is 1. The van der Waals surface area contributed by atoms with Crippen LogP contribution in [0.4, 0.5) is 5.82 Å². The molecule has 7 nitrogen and oxygen atoms in total. The molecule has 0 unspecified atom stereocenters. The van der Waals surface area contributed by atoms with Crippen molar-refractivity contribution >= 4 is 29.1 Å². The van der Waals surface area contributed by atoms with E-state index in [0.29, 0.717) is 22.4 Å². The summed E-state index contributed by atoms with van der Waals surface area (Å²) in [6, 6.07) is 17.3. The number of anilines is 1. The number of benzene rings is 2. The van der Waals surface area contributed by atoms with E-state index in [9.17, 15) is 4.79 Å². The Kier molecular flexibility index (Phi) is 4.97. The van der Waals surface area contributed by atoms with Crippen molar-refractivity contribution < 1.29 is 14.3 Å². The van der Waals surface area contributed by atoms with Gasteiger partial charge in [0.05, 0.1) is 11.4 Å². The van der Waals surface area contributed by atoms with Crippen LogP contribution in [-0.4, -0.2) is 27.5 Å². The molecule has 1 aliphatic heterocycles. The molecule has 8 heteroatoms. The first-order valence-electron chi connectivity index (χ1n) is 9.62. The Labute approximate surface area is 182 Å². The van der Waals surface area contributed by atoms with Crippen molar-refractivity contribution in [1.29, 1.82) is 0 Å². The molecule has 1 amide bonds. The SMILES string of the molecule is Cc1cc(NC(=O)C=Cc2ccc3c(c2)OCO3)n(-c2nc(-c3ccccc3)cs2)n1. The van der Waals surface area contributed by atoms with Crippen LogP contribution in [0.15, 0.2) is 66.1 Å². The minimum absolute atomic E-state index is 0.217. The molecule has 5 rings (SSSR count). The summed E-state index contributed by atoms with van der Waals surface area (Å²) >= 11 is 1.47. The lowest BCUT2D eigenvalue weighted by Crippen LogP contribution is -2.12. The predicted molar refractivity (Wildman–Crippen MR) is 120 cm³/mol. The summed E-state index contributed by atoms with van der Waals surface area (Å²) in [4.78, 5) is 17.2. The maximum Gasteiger partial charge on any atom is 0.249 e. The first-order chi connectivity index (χ1) is 15.2. The highest BCUT2D eigenvalue weighted by Gasteiger charge is 2.14. The van der Waals surface area contributed by atoms with Gasteiger partial charge in [-0.25, -0.2) is 4.98 Å². The third-order valence-electron chi connectivity index (χ3n) is 4.65. The van der Waals surface area contributed by atoms with Crippen molar-refractivity contribution in [2.45, 2.75) is 6.92 Å². The zero-order chi connectivity index (χ0) is 21.2. The van der Waals surface area contributed by atoms with Crippen LogP contribution in [0.1, 0.15) is 11.3 Å². The fourth-order valence-electron chi connectivity index (χ4n) is 3.19. The molecule has 0 saturated carbocycles. The molecule has 0 aliphatic carbocycles. The van der Waals surface area contributed by atoms with Crippen LogP contribution >= 0.6 is 11.3 Å². The summed E-state index contributed by atoms with van der Waals surface area (Å²) in [6.45, 7) is 2.09. The summed E-state index contributed by atoms with van der Waals surface area (Å²) in [5, 5.41) is 10.0. The number of ether oxygens (including phenoxy) is 2. The lowest BCUT2D eigenvalue weighted by molar-refractivity contribution is -0.111. The standard InChI is InChI=1S/C23H18N4O3S/c1-15-11-21(25-22(28)10-8-16-7-9-19-20(12-16)30-14-29-19)27(26-15)23-24-18(13-31-23)17-5-3-2-4-6-17/h2-13H,14H2,1H3,(H,25,28). The number of nitrogens with zero attached hydrogens (tertiary/aromatic N) is 3. The highest BCUT2D eigenvalue weighted by Crippen LogP contribution is 2.33. The Hall–Kier alpha value is -3.91. The van der Waals surface area contributed by atoms with Gasteiger partial charge in [-0.3, -0.25) is 4.79 Å². The molecular formula is C23H18N4O3S. The van der Waals surface area contributed by atoms with E-state index >= 15 is 0 Å². The topological polar surface area (TPSA) is 78.3 Å². The summed E-state index contributed by atoms with van der Waals surface area (Å²) < 4.78 is 12.3. The number of fused-ring (bicyclic) bond motifs is 1. The summed E-state index contributed by atoms with van der Waals surface area (Å²) in [6.07, 6.45) is 3.20. The number of hydrogen-bond acceptors (Lipinski definition) is 6. The molecule has 154 valence electrons. The van der Waals surface area contributed by atoms with Crippen molar-refractivity contribution in [2.75, 3.05) is 12.1 Å². The monoisotopic (exact) mass is 430 g/mol. The number of carbonyl (C=O) groups excluding carboxylic acids is 1. The van der Waals surface area contributed by atoms with E-state index in [0.717, 1.165) is 22.5 Å². The van der Waals surface area contributed by atoms with Gasteiger partial charge < -0.3 is 14.8 Å². The highest BCUT2D eigenvalue weighted by molar-refractivity contribution is 7.12.